The van der Waals surface area contributed by atoms with Crippen LogP contribution in [0.25, 0.3) is 0 Å². The van der Waals surface area contributed by atoms with Gasteiger partial charge in [0.05, 0.1) is 12.1 Å². The van der Waals surface area contributed by atoms with Crippen LogP contribution in [0.2, 0.25) is 0 Å². The van der Waals surface area contributed by atoms with Crippen LogP contribution in [-0.4, -0.2) is 59.1 Å². The lowest BCUT2D eigenvalue weighted by molar-refractivity contribution is -0.000160. The molecule has 1 aliphatic carbocycles. The number of hydrogen-bond acceptors (Lipinski definition) is 5. The maximum atomic E-state index is 13.5. The van der Waals surface area contributed by atoms with Crippen LogP contribution in [0.15, 0.2) is 24.3 Å². The van der Waals surface area contributed by atoms with Gasteiger partial charge in [-0.05, 0) is 58.8 Å². The summed E-state index contributed by atoms with van der Waals surface area (Å²) in [6, 6.07) is 5.33. The molecule has 0 spiro atoms. The van der Waals surface area contributed by atoms with Gasteiger partial charge in [0.2, 0.25) is 0 Å². The van der Waals surface area contributed by atoms with Crippen molar-refractivity contribution >= 4 is 6.09 Å². The molecular weight excluding hydrogens is 363 g/mol. The molecule has 0 radical (unpaired) electrons. The number of nitrogens with one attached hydrogen (secondary N) is 1. The molecule has 4 atom stereocenters. The molecule has 7 heteroatoms. The van der Waals surface area contributed by atoms with E-state index in [1.807, 2.05) is 20.8 Å². The molecule has 1 amide bonds. The lowest BCUT2D eigenvalue weighted by Crippen LogP contribution is -2.55. The van der Waals surface area contributed by atoms with Gasteiger partial charge in [-0.2, -0.15) is 0 Å². The van der Waals surface area contributed by atoms with Gasteiger partial charge >= 0.3 is 6.09 Å². The number of amides is 1. The summed E-state index contributed by atoms with van der Waals surface area (Å²) in [4.78, 5) is 14.6. The summed E-state index contributed by atoms with van der Waals surface area (Å²) in [6.07, 6.45) is 1.91. The van der Waals surface area contributed by atoms with Gasteiger partial charge in [-0.3, -0.25) is 4.90 Å². The summed E-state index contributed by atoms with van der Waals surface area (Å²) in [5, 5.41) is 13.9. The first-order valence-corrected chi connectivity index (χ1v) is 10.1. The van der Waals surface area contributed by atoms with Gasteiger partial charge in [0.25, 0.3) is 0 Å². The Labute approximate surface area is 166 Å². The number of nitrogens with zero attached hydrogens (tertiary/aromatic N) is 1. The predicted octanol–water partition coefficient (Wildman–Crippen LogP) is 3.09. The summed E-state index contributed by atoms with van der Waals surface area (Å²) in [7, 11) is 0. The fraction of sp³-hybridized carbons (Fsp3) is 0.667. The number of carbonyl (C=O) groups excluding carboxylic acids is 1. The minimum absolute atomic E-state index is 0.258. The van der Waals surface area contributed by atoms with E-state index < -0.39 is 23.9 Å². The number of hydrogen-bond donors (Lipinski definition) is 2. The van der Waals surface area contributed by atoms with Crippen molar-refractivity contribution in [2.45, 2.75) is 76.3 Å². The number of piperidine rings is 1. The maximum absolute atomic E-state index is 13.5. The van der Waals surface area contributed by atoms with Crippen LogP contribution in [0, 0.1) is 5.82 Å². The topological polar surface area (TPSA) is 71.0 Å². The zero-order valence-corrected chi connectivity index (χ0v) is 16.9. The molecule has 0 aromatic heterocycles. The molecule has 0 bridgehead atoms. The van der Waals surface area contributed by atoms with Gasteiger partial charge in [0, 0.05) is 12.5 Å². The quantitative estimate of drug-likeness (QED) is 0.821. The molecule has 0 unspecified atom stereocenters. The van der Waals surface area contributed by atoms with Crippen molar-refractivity contribution in [2.75, 3.05) is 13.1 Å². The zero-order valence-electron chi connectivity index (χ0n) is 16.9. The van der Waals surface area contributed by atoms with Crippen LogP contribution in [0.1, 0.15) is 46.5 Å². The molecule has 2 fully saturated rings. The summed E-state index contributed by atoms with van der Waals surface area (Å²) in [6.45, 7) is 7.19. The first-order valence-electron chi connectivity index (χ1n) is 10.1. The van der Waals surface area contributed by atoms with Crippen LogP contribution in [-0.2, 0) is 4.74 Å². The molecule has 6 nitrogen and oxygen atoms in total. The molecule has 156 valence electrons. The van der Waals surface area contributed by atoms with Gasteiger partial charge in [-0.1, -0.05) is 12.5 Å². The Balaban J connectivity index is 1.74. The van der Waals surface area contributed by atoms with E-state index in [9.17, 15) is 14.3 Å². The van der Waals surface area contributed by atoms with Gasteiger partial charge in [-0.25, -0.2) is 9.18 Å². The smallest absolute Gasteiger partial charge is 0.407 e. The molecule has 1 saturated heterocycles. The van der Waals surface area contributed by atoms with Crippen LogP contribution in [0.3, 0.4) is 0 Å². The van der Waals surface area contributed by atoms with Gasteiger partial charge in [0.1, 0.15) is 29.4 Å². The van der Waals surface area contributed by atoms with E-state index in [1.54, 1.807) is 12.1 Å². The van der Waals surface area contributed by atoms with Crippen molar-refractivity contribution in [1.29, 1.82) is 0 Å². The van der Waals surface area contributed by atoms with Crippen molar-refractivity contribution in [3.8, 4) is 5.75 Å². The van der Waals surface area contributed by atoms with Crippen molar-refractivity contribution in [2.24, 2.45) is 0 Å². The number of aliphatic hydroxyl groups excluding tert-OH is 1. The van der Waals surface area contributed by atoms with Crippen LogP contribution in [0.4, 0.5) is 9.18 Å². The second-order valence-electron chi connectivity index (χ2n) is 8.68. The average Bonchev–Trinajstić information content (AvgIpc) is 2.89. The van der Waals surface area contributed by atoms with Gasteiger partial charge < -0.3 is 19.9 Å². The number of likely N-dealkylation sites (tertiary alicyclic amines) is 1. The summed E-state index contributed by atoms with van der Waals surface area (Å²) >= 11 is 0. The Hall–Kier alpha value is -1.86. The predicted molar refractivity (Wildman–Crippen MR) is 104 cm³/mol. The second kappa shape index (κ2) is 8.66. The van der Waals surface area contributed by atoms with Crippen molar-refractivity contribution in [1.82, 2.24) is 10.2 Å². The number of rotatable bonds is 4. The highest BCUT2D eigenvalue weighted by atomic mass is 19.1. The first-order chi connectivity index (χ1) is 13.2. The lowest BCUT2D eigenvalue weighted by Gasteiger charge is -2.37. The first kappa shape index (κ1) is 20.9. The molecule has 1 heterocycles. The fourth-order valence-corrected chi connectivity index (χ4v) is 4.11. The molecule has 2 aliphatic rings. The number of aliphatic hydroxyl groups is 1. The minimum atomic E-state index is -0.790. The van der Waals surface area contributed by atoms with E-state index in [0.717, 1.165) is 25.9 Å². The number of carbonyl (C=O) groups is 1. The Bertz CT molecular complexity index is 673. The van der Waals surface area contributed by atoms with Gasteiger partial charge in [-0.15, -0.1) is 0 Å². The molecule has 28 heavy (non-hydrogen) atoms. The highest BCUT2D eigenvalue weighted by Crippen LogP contribution is 2.31. The Morgan fingerprint density at radius 1 is 1.25 bits per heavy atom. The third-order valence-corrected chi connectivity index (χ3v) is 5.23. The third kappa shape index (κ3) is 5.35. The molecule has 1 saturated carbocycles. The SMILES string of the molecule is CC(C)(C)OC(=O)N[C@@H]1C[C@@H](Oc2cccc(F)c2)[C@H](O)[C@H]1N1CCCCC1. The number of alkyl carbamates (subject to hydrolysis) is 1. The molecule has 3 rings (SSSR count). The maximum Gasteiger partial charge on any atom is 0.407 e. The number of benzene rings is 1. The Morgan fingerprint density at radius 3 is 2.61 bits per heavy atom. The summed E-state index contributed by atoms with van der Waals surface area (Å²) in [5.74, 6) is -0.0136. The molecule has 1 aromatic carbocycles. The fourth-order valence-electron chi connectivity index (χ4n) is 4.11. The minimum Gasteiger partial charge on any atom is -0.487 e. The van der Waals surface area contributed by atoms with E-state index in [-0.39, 0.29) is 17.9 Å². The Kier molecular flexibility index (Phi) is 6.45. The van der Waals surface area contributed by atoms with E-state index in [1.165, 1.54) is 18.6 Å². The van der Waals surface area contributed by atoms with Crippen molar-refractivity contribution < 1.29 is 23.8 Å². The second-order valence-corrected chi connectivity index (χ2v) is 8.68. The van der Waals surface area contributed by atoms with E-state index in [2.05, 4.69) is 10.2 Å². The zero-order chi connectivity index (χ0) is 20.3. The largest absolute Gasteiger partial charge is 0.487 e. The molecule has 1 aromatic rings. The highest BCUT2D eigenvalue weighted by molar-refractivity contribution is 5.68. The van der Waals surface area contributed by atoms with Crippen molar-refractivity contribution in [3.63, 3.8) is 0 Å². The summed E-state index contributed by atoms with van der Waals surface area (Å²) < 4.78 is 24.8. The van der Waals surface area contributed by atoms with Crippen LogP contribution >= 0.6 is 0 Å². The number of ether oxygens (including phenoxy) is 2. The lowest BCUT2D eigenvalue weighted by atomic mass is 10.0. The third-order valence-electron chi connectivity index (χ3n) is 5.23. The van der Waals surface area contributed by atoms with E-state index in [0.29, 0.717) is 12.2 Å². The Morgan fingerprint density at radius 2 is 1.96 bits per heavy atom. The molecule has 1 aliphatic heterocycles. The van der Waals surface area contributed by atoms with Crippen molar-refractivity contribution in [3.05, 3.63) is 30.1 Å². The summed E-state index contributed by atoms with van der Waals surface area (Å²) in [5.41, 5.74) is -0.598. The van der Waals surface area contributed by atoms with Gasteiger partial charge in [0.15, 0.2) is 0 Å². The highest BCUT2D eigenvalue weighted by Gasteiger charge is 2.48. The van der Waals surface area contributed by atoms with E-state index >= 15 is 0 Å². The average molecular weight is 394 g/mol. The van der Waals surface area contributed by atoms with E-state index in [4.69, 9.17) is 9.47 Å². The van der Waals surface area contributed by atoms with Crippen LogP contribution in [0.5, 0.6) is 5.75 Å². The normalized spacial score (nSPS) is 28.8. The number of halogens is 1. The monoisotopic (exact) mass is 394 g/mol. The molecular formula is C21H31FN2O4. The van der Waals surface area contributed by atoms with Crippen LogP contribution < -0.4 is 10.1 Å². The molecule has 2 N–H and O–H groups in total. The standard InChI is InChI=1S/C21H31FN2O4/c1-21(2,3)28-20(26)23-16-13-17(27-15-9-7-8-14(22)12-15)19(25)18(16)24-10-5-4-6-11-24/h7-9,12,16-19,25H,4-6,10-11,13H2,1-3H3,(H,23,26)/t16-,17-,18+,19+/m1/s1.